The van der Waals surface area contributed by atoms with Crippen molar-refractivity contribution >= 4 is 29.7 Å². The Morgan fingerprint density at radius 3 is 2.56 bits per heavy atom. The highest BCUT2D eigenvalue weighted by molar-refractivity contribution is 5.92. The van der Waals surface area contributed by atoms with Crippen molar-refractivity contribution in [1.82, 2.24) is 0 Å². The van der Waals surface area contributed by atoms with Crippen LogP contribution < -0.4 is 11.1 Å². The lowest BCUT2D eigenvalue weighted by Crippen LogP contribution is -2.17. The summed E-state index contributed by atoms with van der Waals surface area (Å²) in [7, 11) is 0. The molecule has 0 saturated carbocycles. The zero-order chi connectivity index (χ0) is 13.1. The smallest absolute Gasteiger partial charge is 0.389 e. The summed E-state index contributed by atoms with van der Waals surface area (Å²) in [5, 5.41) is 2.40. The van der Waals surface area contributed by atoms with Gasteiger partial charge in [-0.2, -0.15) is 13.2 Å². The molecule has 0 radical (unpaired) electrons. The van der Waals surface area contributed by atoms with E-state index in [1.165, 1.54) is 6.07 Å². The summed E-state index contributed by atoms with van der Waals surface area (Å²) in [6.07, 6.45) is -6.03. The first-order valence-corrected chi connectivity index (χ1v) is 5.00. The highest BCUT2D eigenvalue weighted by atomic mass is 35.5. The summed E-state index contributed by atoms with van der Waals surface area (Å²) in [6.45, 7) is 1.73. The number of aryl methyl sites for hydroxylation is 1. The van der Waals surface area contributed by atoms with Crippen molar-refractivity contribution in [2.75, 3.05) is 11.1 Å². The highest BCUT2D eigenvalue weighted by Crippen LogP contribution is 2.23. The molecule has 3 N–H and O–H groups in total. The molecule has 0 aromatic heterocycles. The number of nitrogens with two attached hydrogens (primary N) is 1. The van der Waals surface area contributed by atoms with E-state index in [-0.39, 0.29) is 12.4 Å². The van der Waals surface area contributed by atoms with Gasteiger partial charge in [0, 0.05) is 17.8 Å². The van der Waals surface area contributed by atoms with Gasteiger partial charge in [-0.05, 0) is 24.6 Å². The maximum absolute atomic E-state index is 11.9. The molecule has 0 unspecified atom stereocenters. The lowest BCUT2D eigenvalue weighted by Gasteiger charge is -2.10. The van der Waals surface area contributed by atoms with Crippen LogP contribution in [0.15, 0.2) is 18.2 Å². The molecule has 102 valence electrons. The monoisotopic (exact) mass is 282 g/mol. The molecule has 1 amide bonds. The Balaban J connectivity index is 0.00000289. The Morgan fingerprint density at radius 2 is 2.00 bits per heavy atom. The molecule has 1 aromatic rings. The molecular weight excluding hydrogens is 269 g/mol. The van der Waals surface area contributed by atoms with E-state index in [0.717, 1.165) is 5.56 Å². The van der Waals surface area contributed by atoms with Crippen LogP contribution in [0.25, 0.3) is 0 Å². The number of nitrogens with one attached hydrogen (secondary N) is 1. The first kappa shape index (κ1) is 16.6. The van der Waals surface area contributed by atoms with Gasteiger partial charge >= 0.3 is 6.18 Å². The van der Waals surface area contributed by atoms with Gasteiger partial charge in [-0.1, -0.05) is 6.07 Å². The van der Waals surface area contributed by atoms with Crippen LogP contribution in [-0.4, -0.2) is 12.1 Å². The van der Waals surface area contributed by atoms with Crippen LogP contribution in [0.4, 0.5) is 24.5 Å². The SMILES string of the molecule is Cc1ccc(N)cc1NC(=O)CCC(F)(F)F.Cl. The molecular formula is C11H14ClF3N2O. The van der Waals surface area contributed by atoms with Crippen molar-refractivity contribution in [2.45, 2.75) is 25.9 Å². The van der Waals surface area contributed by atoms with E-state index in [1.54, 1.807) is 19.1 Å². The zero-order valence-electron chi connectivity index (χ0n) is 9.67. The van der Waals surface area contributed by atoms with Gasteiger partial charge < -0.3 is 11.1 Å². The number of alkyl halides is 3. The Bertz CT molecular complexity index is 421. The van der Waals surface area contributed by atoms with Gasteiger partial charge in [-0.3, -0.25) is 4.79 Å². The summed E-state index contributed by atoms with van der Waals surface area (Å²) < 4.78 is 35.7. The van der Waals surface area contributed by atoms with Crippen LogP contribution in [-0.2, 0) is 4.79 Å². The molecule has 0 aliphatic carbocycles. The second kappa shape index (κ2) is 6.49. The lowest BCUT2D eigenvalue weighted by molar-refractivity contribution is -0.142. The third kappa shape index (κ3) is 5.77. The highest BCUT2D eigenvalue weighted by Gasteiger charge is 2.27. The third-order valence-corrected chi connectivity index (χ3v) is 2.17. The minimum atomic E-state index is -4.32. The van der Waals surface area contributed by atoms with Crippen molar-refractivity contribution in [3.8, 4) is 0 Å². The summed E-state index contributed by atoms with van der Waals surface area (Å²) in [5.41, 5.74) is 7.15. The van der Waals surface area contributed by atoms with Crippen molar-refractivity contribution in [3.63, 3.8) is 0 Å². The van der Waals surface area contributed by atoms with Crippen LogP contribution in [0.1, 0.15) is 18.4 Å². The van der Waals surface area contributed by atoms with Gasteiger partial charge in [0.2, 0.25) is 5.91 Å². The van der Waals surface area contributed by atoms with Gasteiger partial charge in [-0.15, -0.1) is 12.4 Å². The minimum Gasteiger partial charge on any atom is -0.399 e. The van der Waals surface area contributed by atoms with E-state index in [4.69, 9.17) is 5.73 Å². The average Bonchev–Trinajstić information content (AvgIpc) is 2.20. The maximum Gasteiger partial charge on any atom is 0.389 e. The summed E-state index contributed by atoms with van der Waals surface area (Å²) in [5.74, 6) is -0.670. The number of carbonyl (C=O) groups excluding carboxylic acids is 1. The van der Waals surface area contributed by atoms with E-state index < -0.39 is 24.9 Å². The summed E-state index contributed by atoms with van der Waals surface area (Å²) in [6, 6.07) is 4.86. The van der Waals surface area contributed by atoms with E-state index in [1.807, 2.05) is 0 Å². The van der Waals surface area contributed by atoms with Crippen LogP contribution in [0.2, 0.25) is 0 Å². The number of carbonyl (C=O) groups is 1. The van der Waals surface area contributed by atoms with Crippen molar-refractivity contribution in [3.05, 3.63) is 23.8 Å². The largest absolute Gasteiger partial charge is 0.399 e. The van der Waals surface area contributed by atoms with Gasteiger partial charge in [0.1, 0.15) is 0 Å². The number of amides is 1. The number of hydrogen-bond donors (Lipinski definition) is 2. The predicted molar refractivity (Wildman–Crippen MR) is 66.8 cm³/mol. The molecule has 0 aliphatic heterocycles. The minimum absolute atomic E-state index is 0. The number of hydrogen-bond acceptors (Lipinski definition) is 2. The third-order valence-electron chi connectivity index (χ3n) is 2.17. The quantitative estimate of drug-likeness (QED) is 0.836. The molecule has 0 bridgehead atoms. The van der Waals surface area contributed by atoms with Gasteiger partial charge in [-0.25, -0.2) is 0 Å². The van der Waals surface area contributed by atoms with Gasteiger partial charge in [0.25, 0.3) is 0 Å². The number of nitrogen functional groups attached to an aromatic ring is 1. The fourth-order valence-corrected chi connectivity index (χ4v) is 1.24. The lowest BCUT2D eigenvalue weighted by atomic mass is 10.1. The first-order chi connectivity index (χ1) is 7.78. The molecule has 0 saturated heterocycles. The van der Waals surface area contributed by atoms with Gasteiger partial charge in [0.15, 0.2) is 0 Å². The molecule has 3 nitrogen and oxygen atoms in total. The molecule has 0 heterocycles. The normalized spacial score (nSPS) is 10.7. The Morgan fingerprint density at radius 1 is 1.39 bits per heavy atom. The summed E-state index contributed by atoms with van der Waals surface area (Å²) in [4.78, 5) is 11.3. The zero-order valence-corrected chi connectivity index (χ0v) is 10.5. The molecule has 0 fully saturated rings. The molecule has 18 heavy (non-hydrogen) atoms. The average molecular weight is 283 g/mol. The number of halogens is 4. The summed E-state index contributed by atoms with van der Waals surface area (Å²) >= 11 is 0. The molecule has 7 heteroatoms. The first-order valence-electron chi connectivity index (χ1n) is 5.00. The standard InChI is InChI=1S/C11H13F3N2O.ClH/c1-7-2-3-8(15)6-9(7)16-10(17)4-5-11(12,13)14;/h2-3,6H,4-5,15H2,1H3,(H,16,17);1H. The molecule has 1 aromatic carbocycles. The Hall–Kier alpha value is -1.43. The van der Waals surface area contributed by atoms with E-state index in [2.05, 4.69) is 5.32 Å². The van der Waals surface area contributed by atoms with Crippen LogP contribution in [0.5, 0.6) is 0 Å². The Labute approximate surface area is 109 Å². The van der Waals surface area contributed by atoms with Gasteiger partial charge in [0.05, 0.1) is 6.42 Å². The maximum atomic E-state index is 11.9. The van der Waals surface area contributed by atoms with Crippen LogP contribution >= 0.6 is 12.4 Å². The fraction of sp³-hybridized carbons (Fsp3) is 0.364. The second-order valence-electron chi connectivity index (χ2n) is 3.74. The van der Waals surface area contributed by atoms with Crippen LogP contribution in [0, 0.1) is 6.92 Å². The van der Waals surface area contributed by atoms with E-state index in [0.29, 0.717) is 11.4 Å². The molecule has 1 rings (SSSR count). The Kier molecular flexibility index (Phi) is 5.97. The molecule has 0 aliphatic rings. The van der Waals surface area contributed by atoms with E-state index in [9.17, 15) is 18.0 Å². The number of anilines is 2. The number of rotatable bonds is 3. The van der Waals surface area contributed by atoms with Crippen molar-refractivity contribution < 1.29 is 18.0 Å². The fourth-order valence-electron chi connectivity index (χ4n) is 1.24. The van der Waals surface area contributed by atoms with Crippen molar-refractivity contribution in [1.29, 1.82) is 0 Å². The van der Waals surface area contributed by atoms with Crippen molar-refractivity contribution in [2.24, 2.45) is 0 Å². The van der Waals surface area contributed by atoms with E-state index >= 15 is 0 Å². The van der Waals surface area contributed by atoms with Crippen LogP contribution in [0.3, 0.4) is 0 Å². The molecule has 0 atom stereocenters. The second-order valence-corrected chi connectivity index (χ2v) is 3.74. The topological polar surface area (TPSA) is 55.1 Å². The predicted octanol–water partition coefficient (Wildman–Crippen LogP) is 3.28. The number of benzene rings is 1. The molecule has 0 spiro atoms.